The summed E-state index contributed by atoms with van der Waals surface area (Å²) in [6.07, 6.45) is 5.40. The zero-order chi connectivity index (χ0) is 28.1. The lowest BCUT2D eigenvalue weighted by Gasteiger charge is -2.21. The lowest BCUT2D eigenvalue weighted by atomic mass is 9.88. The Morgan fingerprint density at radius 3 is 2.18 bits per heavy atom. The number of hydrogen-bond donors (Lipinski definition) is 4. The summed E-state index contributed by atoms with van der Waals surface area (Å²) in [6.45, 7) is 4.30. The number of nitrogens with zero attached hydrogens (tertiary/aromatic N) is 2. The summed E-state index contributed by atoms with van der Waals surface area (Å²) in [4.78, 5) is 45.4. The van der Waals surface area contributed by atoms with E-state index in [1.807, 2.05) is 54.6 Å². The summed E-state index contributed by atoms with van der Waals surface area (Å²) >= 11 is 0. The molecule has 9 nitrogen and oxygen atoms in total. The maximum absolute atomic E-state index is 13.1. The maximum atomic E-state index is 13.1. The fourth-order valence-corrected chi connectivity index (χ4v) is 3.88. The number of carboxylic acid groups (broad SMARTS) is 1. The third-order valence-corrected chi connectivity index (χ3v) is 6.46. The first-order valence-electron chi connectivity index (χ1n) is 13.2. The highest BCUT2D eigenvalue weighted by Crippen LogP contribution is 2.23. The molecule has 206 valence electrons. The van der Waals surface area contributed by atoms with E-state index in [0.717, 1.165) is 29.5 Å². The van der Waals surface area contributed by atoms with Crippen LogP contribution in [0.5, 0.6) is 0 Å². The number of aliphatic carboxylic acids is 1. The Morgan fingerprint density at radius 1 is 0.872 bits per heavy atom. The summed E-state index contributed by atoms with van der Waals surface area (Å²) < 4.78 is 0. The molecule has 0 aliphatic rings. The predicted molar refractivity (Wildman–Crippen MR) is 151 cm³/mol. The second-order valence-electron chi connectivity index (χ2n) is 10.1. The van der Waals surface area contributed by atoms with Crippen molar-refractivity contribution in [1.29, 1.82) is 0 Å². The van der Waals surface area contributed by atoms with Crippen LogP contribution in [0.25, 0.3) is 11.1 Å². The summed E-state index contributed by atoms with van der Waals surface area (Å²) in [7, 11) is 0. The first-order valence-corrected chi connectivity index (χ1v) is 13.2. The first kappa shape index (κ1) is 29.3. The topological polar surface area (TPSA) is 133 Å². The molecule has 2 aromatic carbocycles. The van der Waals surface area contributed by atoms with Crippen LogP contribution in [0.4, 0.5) is 5.95 Å². The zero-order valence-electron chi connectivity index (χ0n) is 22.5. The second kappa shape index (κ2) is 14.6. The Balaban J connectivity index is 1.56. The summed E-state index contributed by atoms with van der Waals surface area (Å²) in [5.41, 5.74) is 2.05. The van der Waals surface area contributed by atoms with Gasteiger partial charge in [-0.2, -0.15) is 0 Å². The highest BCUT2D eigenvalue weighted by Gasteiger charge is 2.29. The smallest absolute Gasteiger partial charge is 0.309 e. The third-order valence-electron chi connectivity index (χ3n) is 6.46. The molecule has 0 saturated heterocycles. The molecule has 4 N–H and O–H groups in total. The number of carbonyl (C=O) groups is 3. The van der Waals surface area contributed by atoms with Crippen molar-refractivity contribution in [1.82, 2.24) is 20.6 Å². The average molecular weight is 532 g/mol. The van der Waals surface area contributed by atoms with Crippen LogP contribution >= 0.6 is 0 Å². The molecule has 1 atom stereocenters. The summed E-state index contributed by atoms with van der Waals surface area (Å²) in [5.74, 6) is -1.02. The SMILES string of the molecule is CC(C)(CCC(=O)N[C@H](Cc1ccc(-c2ccccc2)cc1)C(=O)NCCCCNc1ncccn1)C(=O)O. The van der Waals surface area contributed by atoms with Crippen LogP contribution in [0.1, 0.15) is 45.1 Å². The van der Waals surface area contributed by atoms with E-state index >= 15 is 0 Å². The van der Waals surface area contributed by atoms with Gasteiger partial charge in [0.2, 0.25) is 17.8 Å². The van der Waals surface area contributed by atoms with Crippen molar-refractivity contribution in [2.75, 3.05) is 18.4 Å². The van der Waals surface area contributed by atoms with Gasteiger partial charge < -0.3 is 21.1 Å². The number of anilines is 1. The number of rotatable bonds is 15. The van der Waals surface area contributed by atoms with E-state index in [1.54, 1.807) is 32.3 Å². The molecule has 0 spiro atoms. The number of hydrogen-bond acceptors (Lipinski definition) is 6. The van der Waals surface area contributed by atoms with Gasteiger partial charge in [0.1, 0.15) is 6.04 Å². The standard InChI is InChI=1S/C30H37N5O4/c1-30(2,28(38)39)16-15-26(36)35-25(21-22-11-13-24(14-12-22)23-9-4-3-5-10-23)27(37)31-17-6-7-18-32-29-33-19-8-20-34-29/h3-5,8-14,19-20,25H,6-7,15-18,21H2,1-2H3,(H,31,37)(H,35,36)(H,38,39)(H,32,33,34)/t25-/m1/s1. The first-order chi connectivity index (χ1) is 18.7. The third kappa shape index (κ3) is 9.85. The van der Waals surface area contributed by atoms with Crippen LogP contribution in [0.15, 0.2) is 73.1 Å². The summed E-state index contributed by atoms with van der Waals surface area (Å²) in [5, 5.41) is 18.2. The van der Waals surface area contributed by atoms with Crippen LogP contribution in [0.3, 0.4) is 0 Å². The molecule has 2 amide bonds. The van der Waals surface area contributed by atoms with Crippen LogP contribution in [-0.2, 0) is 20.8 Å². The highest BCUT2D eigenvalue weighted by atomic mass is 16.4. The minimum Gasteiger partial charge on any atom is -0.481 e. The van der Waals surface area contributed by atoms with Crippen molar-refractivity contribution in [2.24, 2.45) is 5.41 Å². The average Bonchev–Trinajstić information content (AvgIpc) is 2.94. The molecule has 0 bridgehead atoms. The van der Waals surface area contributed by atoms with Crippen LogP contribution in [0, 0.1) is 5.41 Å². The Kier molecular flexibility index (Phi) is 11.0. The van der Waals surface area contributed by atoms with E-state index in [-0.39, 0.29) is 24.7 Å². The van der Waals surface area contributed by atoms with E-state index in [4.69, 9.17) is 0 Å². The number of carboxylic acids is 1. The molecule has 0 saturated carbocycles. The van der Waals surface area contributed by atoms with Crippen molar-refractivity contribution in [3.8, 4) is 11.1 Å². The van der Waals surface area contributed by atoms with E-state index in [2.05, 4.69) is 25.9 Å². The minimum absolute atomic E-state index is 0.0171. The molecule has 39 heavy (non-hydrogen) atoms. The predicted octanol–water partition coefficient (Wildman–Crippen LogP) is 4.07. The molecule has 3 aromatic rings. The number of amides is 2. The van der Waals surface area contributed by atoms with Gasteiger partial charge in [-0.25, -0.2) is 9.97 Å². The number of benzene rings is 2. The Morgan fingerprint density at radius 2 is 1.51 bits per heavy atom. The van der Waals surface area contributed by atoms with Crippen LogP contribution in [0.2, 0.25) is 0 Å². The van der Waals surface area contributed by atoms with Gasteiger partial charge in [0.05, 0.1) is 5.41 Å². The van der Waals surface area contributed by atoms with Gasteiger partial charge in [0.15, 0.2) is 0 Å². The molecule has 0 fully saturated rings. The van der Waals surface area contributed by atoms with Crippen LogP contribution < -0.4 is 16.0 Å². The van der Waals surface area contributed by atoms with Gasteiger partial charge >= 0.3 is 5.97 Å². The Bertz CT molecular complexity index is 1200. The number of aromatic nitrogens is 2. The van der Waals surface area contributed by atoms with Crippen molar-refractivity contribution in [3.63, 3.8) is 0 Å². The molecule has 0 unspecified atom stereocenters. The van der Waals surface area contributed by atoms with Gasteiger partial charge in [0.25, 0.3) is 0 Å². The molecular weight excluding hydrogens is 494 g/mol. The molecular formula is C30H37N5O4. The van der Waals surface area contributed by atoms with E-state index < -0.39 is 17.4 Å². The Hall–Kier alpha value is -4.27. The normalized spacial score (nSPS) is 11.8. The number of nitrogens with one attached hydrogen (secondary N) is 3. The molecule has 3 rings (SSSR count). The van der Waals surface area contributed by atoms with Gasteiger partial charge in [-0.15, -0.1) is 0 Å². The minimum atomic E-state index is -1.03. The van der Waals surface area contributed by atoms with E-state index in [9.17, 15) is 19.5 Å². The van der Waals surface area contributed by atoms with Crippen molar-refractivity contribution < 1.29 is 19.5 Å². The molecule has 1 aromatic heterocycles. The fourth-order valence-electron chi connectivity index (χ4n) is 3.88. The molecule has 0 radical (unpaired) electrons. The fraction of sp³-hybridized carbons (Fsp3) is 0.367. The van der Waals surface area contributed by atoms with Crippen molar-refractivity contribution >= 4 is 23.7 Å². The largest absolute Gasteiger partial charge is 0.481 e. The van der Waals surface area contributed by atoms with Crippen molar-refractivity contribution in [2.45, 2.75) is 52.0 Å². The maximum Gasteiger partial charge on any atom is 0.309 e. The second-order valence-corrected chi connectivity index (χ2v) is 10.1. The molecule has 9 heteroatoms. The lowest BCUT2D eigenvalue weighted by molar-refractivity contribution is -0.147. The van der Waals surface area contributed by atoms with Gasteiger partial charge in [-0.1, -0.05) is 54.6 Å². The number of carbonyl (C=O) groups excluding carboxylic acids is 2. The molecule has 1 heterocycles. The van der Waals surface area contributed by atoms with E-state index in [1.165, 1.54) is 0 Å². The Labute approximate surface area is 229 Å². The van der Waals surface area contributed by atoms with Gasteiger partial charge in [-0.3, -0.25) is 14.4 Å². The van der Waals surface area contributed by atoms with Gasteiger partial charge in [0, 0.05) is 38.3 Å². The van der Waals surface area contributed by atoms with Crippen molar-refractivity contribution in [3.05, 3.63) is 78.6 Å². The lowest BCUT2D eigenvalue weighted by Crippen LogP contribution is -2.48. The van der Waals surface area contributed by atoms with E-state index in [0.29, 0.717) is 25.5 Å². The quantitative estimate of drug-likeness (QED) is 0.217. The zero-order valence-corrected chi connectivity index (χ0v) is 22.5. The monoisotopic (exact) mass is 531 g/mol. The number of unbranched alkanes of at least 4 members (excludes halogenated alkanes) is 1. The summed E-state index contributed by atoms with van der Waals surface area (Å²) in [6, 6.07) is 18.9. The van der Waals surface area contributed by atoms with Crippen LogP contribution in [-0.4, -0.2) is 52.0 Å². The highest BCUT2D eigenvalue weighted by molar-refractivity contribution is 5.88. The van der Waals surface area contributed by atoms with Gasteiger partial charge in [-0.05, 0) is 55.9 Å². The molecule has 0 aliphatic heterocycles. The molecule has 0 aliphatic carbocycles.